The molecular formula is C19H20F2N2O2. The molecule has 0 radical (unpaired) electrons. The van der Waals surface area contributed by atoms with Crippen LogP contribution in [0.4, 0.5) is 13.6 Å². The zero-order valence-corrected chi connectivity index (χ0v) is 13.7. The standard InChI is InChI=1S/C19H20F2N2O2/c20-15-5-6-17(21)14(11-15)7-9-22-19(25)23-10-8-13-3-1-2-4-16(13)18(23)12-24/h1-6,11,18,24H,7-10,12H2,(H,22,25). The Kier molecular flexibility index (Phi) is 5.28. The number of halogens is 2. The lowest BCUT2D eigenvalue weighted by molar-refractivity contribution is 0.127. The molecule has 132 valence electrons. The van der Waals surface area contributed by atoms with Gasteiger partial charge in [-0.25, -0.2) is 13.6 Å². The second-order valence-electron chi connectivity index (χ2n) is 6.06. The monoisotopic (exact) mass is 346 g/mol. The molecule has 3 rings (SSSR count). The maximum absolute atomic E-state index is 13.6. The summed E-state index contributed by atoms with van der Waals surface area (Å²) in [7, 11) is 0. The third kappa shape index (κ3) is 3.79. The number of carbonyl (C=O) groups excluding carboxylic acids is 1. The number of benzene rings is 2. The maximum atomic E-state index is 13.6. The lowest BCUT2D eigenvalue weighted by Crippen LogP contribution is -2.47. The number of hydrogen-bond donors (Lipinski definition) is 2. The van der Waals surface area contributed by atoms with Gasteiger partial charge in [0.2, 0.25) is 0 Å². The number of aliphatic hydroxyl groups is 1. The van der Waals surface area contributed by atoms with Crippen molar-refractivity contribution in [3.8, 4) is 0 Å². The Bertz CT molecular complexity index is 767. The molecule has 25 heavy (non-hydrogen) atoms. The van der Waals surface area contributed by atoms with Crippen LogP contribution >= 0.6 is 0 Å². The van der Waals surface area contributed by atoms with Crippen molar-refractivity contribution in [2.75, 3.05) is 19.7 Å². The molecule has 0 saturated carbocycles. The molecule has 0 saturated heterocycles. The van der Waals surface area contributed by atoms with Crippen LogP contribution in [-0.2, 0) is 12.8 Å². The summed E-state index contributed by atoms with van der Waals surface area (Å²) < 4.78 is 26.8. The molecule has 0 fully saturated rings. The topological polar surface area (TPSA) is 52.6 Å². The Morgan fingerprint density at radius 3 is 2.84 bits per heavy atom. The van der Waals surface area contributed by atoms with Gasteiger partial charge in [0.25, 0.3) is 0 Å². The highest BCUT2D eigenvalue weighted by atomic mass is 19.1. The SMILES string of the molecule is O=C(NCCc1cc(F)ccc1F)N1CCc2ccccc2C1CO. The first-order chi connectivity index (χ1) is 12.1. The summed E-state index contributed by atoms with van der Waals surface area (Å²) in [5, 5.41) is 12.4. The first kappa shape index (κ1) is 17.4. The summed E-state index contributed by atoms with van der Waals surface area (Å²) in [6.45, 7) is 0.529. The van der Waals surface area contributed by atoms with Crippen molar-refractivity contribution in [1.29, 1.82) is 0 Å². The van der Waals surface area contributed by atoms with Crippen molar-refractivity contribution in [2.24, 2.45) is 0 Å². The number of urea groups is 1. The third-order valence-electron chi connectivity index (χ3n) is 4.52. The smallest absolute Gasteiger partial charge is 0.318 e. The number of rotatable bonds is 4. The van der Waals surface area contributed by atoms with E-state index in [0.717, 1.165) is 35.7 Å². The van der Waals surface area contributed by atoms with E-state index in [0.29, 0.717) is 6.54 Å². The molecule has 1 heterocycles. The lowest BCUT2D eigenvalue weighted by atomic mass is 9.93. The van der Waals surface area contributed by atoms with Crippen molar-refractivity contribution in [3.05, 3.63) is 70.8 Å². The molecule has 0 bridgehead atoms. The van der Waals surface area contributed by atoms with Gasteiger partial charge in [0, 0.05) is 13.1 Å². The van der Waals surface area contributed by atoms with E-state index in [1.54, 1.807) is 4.90 Å². The van der Waals surface area contributed by atoms with E-state index in [9.17, 15) is 18.7 Å². The predicted octanol–water partition coefficient (Wildman–Crippen LogP) is 2.81. The van der Waals surface area contributed by atoms with Gasteiger partial charge in [0.15, 0.2) is 0 Å². The van der Waals surface area contributed by atoms with Gasteiger partial charge in [-0.05, 0) is 47.7 Å². The molecule has 6 heteroatoms. The summed E-state index contributed by atoms with van der Waals surface area (Å²) in [5.74, 6) is -0.994. The van der Waals surface area contributed by atoms with E-state index in [2.05, 4.69) is 5.32 Å². The van der Waals surface area contributed by atoms with Crippen molar-refractivity contribution in [2.45, 2.75) is 18.9 Å². The molecule has 2 amide bonds. The molecular weight excluding hydrogens is 326 g/mol. The number of nitrogens with one attached hydrogen (secondary N) is 1. The molecule has 1 aliphatic heterocycles. The second kappa shape index (κ2) is 7.61. The first-order valence-electron chi connectivity index (χ1n) is 8.27. The first-order valence-corrected chi connectivity index (χ1v) is 8.27. The molecule has 0 spiro atoms. The number of carbonyl (C=O) groups is 1. The molecule has 4 nitrogen and oxygen atoms in total. The van der Waals surface area contributed by atoms with Gasteiger partial charge in [0.1, 0.15) is 11.6 Å². The van der Waals surface area contributed by atoms with Crippen LogP contribution in [0.3, 0.4) is 0 Å². The summed E-state index contributed by atoms with van der Waals surface area (Å²) in [5.41, 5.74) is 2.30. The lowest BCUT2D eigenvalue weighted by Gasteiger charge is -2.36. The normalized spacial score (nSPS) is 16.4. The van der Waals surface area contributed by atoms with E-state index < -0.39 is 17.7 Å². The third-order valence-corrected chi connectivity index (χ3v) is 4.52. The zero-order chi connectivity index (χ0) is 17.8. The van der Waals surface area contributed by atoms with Crippen LogP contribution in [0.25, 0.3) is 0 Å². The highest BCUT2D eigenvalue weighted by molar-refractivity contribution is 5.75. The zero-order valence-electron chi connectivity index (χ0n) is 13.7. The van der Waals surface area contributed by atoms with Gasteiger partial charge < -0.3 is 15.3 Å². The highest BCUT2D eigenvalue weighted by Gasteiger charge is 2.29. The minimum Gasteiger partial charge on any atom is -0.394 e. The average Bonchev–Trinajstić information content (AvgIpc) is 2.63. The summed E-state index contributed by atoms with van der Waals surface area (Å²) in [4.78, 5) is 14.0. The van der Waals surface area contributed by atoms with E-state index in [1.807, 2.05) is 24.3 Å². The number of hydrogen-bond acceptors (Lipinski definition) is 2. The van der Waals surface area contributed by atoms with Crippen molar-refractivity contribution in [1.82, 2.24) is 10.2 Å². The van der Waals surface area contributed by atoms with Gasteiger partial charge in [0.05, 0.1) is 12.6 Å². The van der Waals surface area contributed by atoms with Crippen molar-refractivity contribution in [3.63, 3.8) is 0 Å². The summed E-state index contributed by atoms with van der Waals surface area (Å²) >= 11 is 0. The minimum atomic E-state index is -0.504. The van der Waals surface area contributed by atoms with Gasteiger partial charge in [-0.2, -0.15) is 0 Å². The van der Waals surface area contributed by atoms with Crippen LogP contribution < -0.4 is 5.32 Å². The van der Waals surface area contributed by atoms with E-state index in [1.165, 1.54) is 0 Å². The van der Waals surface area contributed by atoms with E-state index in [4.69, 9.17) is 0 Å². The number of fused-ring (bicyclic) bond motifs is 1. The predicted molar refractivity (Wildman–Crippen MR) is 90.1 cm³/mol. The van der Waals surface area contributed by atoms with Gasteiger partial charge in [-0.3, -0.25) is 0 Å². The van der Waals surface area contributed by atoms with Crippen LogP contribution in [0, 0.1) is 11.6 Å². The molecule has 0 aromatic heterocycles. The highest BCUT2D eigenvalue weighted by Crippen LogP contribution is 2.29. The van der Waals surface area contributed by atoms with Crippen LogP contribution in [-0.4, -0.2) is 35.7 Å². The molecule has 0 aliphatic carbocycles. The van der Waals surface area contributed by atoms with Crippen molar-refractivity contribution >= 4 is 6.03 Å². The average molecular weight is 346 g/mol. The number of nitrogens with zero attached hydrogens (tertiary/aromatic N) is 1. The van der Waals surface area contributed by atoms with Gasteiger partial charge >= 0.3 is 6.03 Å². The molecule has 1 aliphatic rings. The molecule has 2 N–H and O–H groups in total. The Hall–Kier alpha value is -2.47. The maximum Gasteiger partial charge on any atom is 0.318 e. The van der Waals surface area contributed by atoms with Crippen LogP contribution in [0.15, 0.2) is 42.5 Å². The summed E-state index contributed by atoms with van der Waals surface area (Å²) in [6, 6.07) is 10.3. The molecule has 1 atom stereocenters. The largest absolute Gasteiger partial charge is 0.394 e. The molecule has 2 aromatic carbocycles. The fourth-order valence-corrected chi connectivity index (χ4v) is 3.23. The number of aliphatic hydroxyl groups excluding tert-OH is 1. The Labute approximate surface area is 145 Å². The Morgan fingerprint density at radius 2 is 2.04 bits per heavy atom. The van der Waals surface area contributed by atoms with Gasteiger partial charge in [-0.1, -0.05) is 24.3 Å². The van der Waals surface area contributed by atoms with Crippen LogP contribution in [0.5, 0.6) is 0 Å². The fraction of sp³-hybridized carbons (Fsp3) is 0.316. The van der Waals surface area contributed by atoms with Crippen LogP contribution in [0.2, 0.25) is 0 Å². The van der Waals surface area contributed by atoms with E-state index >= 15 is 0 Å². The molecule has 2 aromatic rings. The Balaban J connectivity index is 1.62. The van der Waals surface area contributed by atoms with Gasteiger partial charge in [-0.15, -0.1) is 0 Å². The number of amides is 2. The quantitative estimate of drug-likeness (QED) is 0.894. The van der Waals surface area contributed by atoms with Crippen LogP contribution in [0.1, 0.15) is 22.7 Å². The Morgan fingerprint density at radius 1 is 1.24 bits per heavy atom. The second-order valence-corrected chi connectivity index (χ2v) is 6.06. The molecule has 1 unspecified atom stereocenters. The van der Waals surface area contributed by atoms with Crippen molar-refractivity contribution < 1.29 is 18.7 Å². The fourth-order valence-electron chi connectivity index (χ4n) is 3.23. The van der Waals surface area contributed by atoms with E-state index in [-0.39, 0.29) is 31.2 Å². The summed E-state index contributed by atoms with van der Waals surface area (Å²) in [6.07, 6.45) is 0.919. The minimum absolute atomic E-state index is 0.164.